The first-order valence-electron chi connectivity index (χ1n) is 7.63. The Kier molecular flexibility index (Phi) is 4.47. The minimum atomic E-state index is -0.400. The van der Waals surface area contributed by atoms with Crippen LogP contribution in [0.25, 0.3) is 6.08 Å². The molecule has 0 N–H and O–H groups in total. The number of allylic oxidation sites excluding steroid dienone is 2. The number of carbonyl (C=O) groups is 1. The highest BCUT2D eigenvalue weighted by Crippen LogP contribution is 2.35. The number of ether oxygens (including phenoxy) is 2. The predicted molar refractivity (Wildman–Crippen MR) is 90.7 cm³/mol. The Morgan fingerprint density at radius 2 is 2.00 bits per heavy atom. The van der Waals surface area contributed by atoms with E-state index in [0.29, 0.717) is 29.2 Å². The van der Waals surface area contributed by atoms with Crippen LogP contribution < -0.4 is 9.47 Å². The van der Waals surface area contributed by atoms with Gasteiger partial charge in [-0.05, 0) is 44.2 Å². The summed E-state index contributed by atoms with van der Waals surface area (Å²) in [7, 11) is 0. The third-order valence-corrected chi connectivity index (χ3v) is 3.57. The molecule has 1 aliphatic rings. The molecule has 2 aromatic rings. The van der Waals surface area contributed by atoms with Gasteiger partial charge in [-0.25, -0.2) is 4.39 Å². The van der Waals surface area contributed by atoms with E-state index in [0.717, 1.165) is 5.57 Å². The van der Waals surface area contributed by atoms with Crippen molar-refractivity contribution in [2.24, 2.45) is 0 Å². The number of rotatable bonds is 4. The lowest BCUT2D eigenvalue weighted by atomic mass is 10.1. The Morgan fingerprint density at radius 3 is 2.75 bits per heavy atom. The molecule has 0 spiro atoms. The summed E-state index contributed by atoms with van der Waals surface area (Å²) in [4.78, 5) is 12.4. The number of Topliss-reactive ketones (excluding diaryl/α,β-unsaturated/α-hetero) is 1. The number of ketones is 1. The summed E-state index contributed by atoms with van der Waals surface area (Å²) in [5.41, 5.74) is 1.93. The number of benzene rings is 2. The van der Waals surface area contributed by atoms with Crippen molar-refractivity contribution in [3.05, 3.63) is 76.8 Å². The van der Waals surface area contributed by atoms with Crippen molar-refractivity contribution in [3.8, 4) is 11.5 Å². The van der Waals surface area contributed by atoms with E-state index < -0.39 is 5.82 Å². The fourth-order valence-corrected chi connectivity index (χ4v) is 2.29. The van der Waals surface area contributed by atoms with E-state index >= 15 is 0 Å². The Hall–Kier alpha value is -2.88. The predicted octanol–water partition coefficient (Wildman–Crippen LogP) is 4.79. The van der Waals surface area contributed by atoms with Gasteiger partial charge in [-0.3, -0.25) is 4.79 Å². The second-order valence-electron chi connectivity index (χ2n) is 5.71. The van der Waals surface area contributed by atoms with E-state index in [9.17, 15) is 9.18 Å². The molecular weight excluding hydrogens is 307 g/mol. The van der Waals surface area contributed by atoms with Gasteiger partial charge in [-0.1, -0.05) is 23.8 Å². The number of hydrogen-bond acceptors (Lipinski definition) is 3. The maximum atomic E-state index is 13.7. The van der Waals surface area contributed by atoms with Gasteiger partial charge >= 0.3 is 0 Å². The normalized spacial score (nSPS) is 14.3. The number of carbonyl (C=O) groups excluding carboxylic acids is 1. The molecule has 3 rings (SSSR count). The van der Waals surface area contributed by atoms with Gasteiger partial charge in [0.05, 0.1) is 5.56 Å². The van der Waals surface area contributed by atoms with Gasteiger partial charge in [0.1, 0.15) is 23.9 Å². The zero-order chi connectivity index (χ0) is 17.1. The summed E-state index contributed by atoms with van der Waals surface area (Å²) in [5.74, 6) is 0.493. The molecular formula is C20H17FO3. The van der Waals surface area contributed by atoms with Crippen LogP contribution in [0.1, 0.15) is 29.8 Å². The molecule has 0 radical (unpaired) electrons. The summed E-state index contributed by atoms with van der Waals surface area (Å²) in [6, 6.07) is 11.3. The molecule has 0 atom stereocenters. The van der Waals surface area contributed by atoms with Crippen molar-refractivity contribution in [1.29, 1.82) is 0 Å². The quantitative estimate of drug-likeness (QED) is 0.599. The average Bonchev–Trinajstić information content (AvgIpc) is 2.85. The van der Waals surface area contributed by atoms with Crippen molar-refractivity contribution in [1.82, 2.24) is 0 Å². The minimum absolute atomic E-state index is 0.108. The van der Waals surface area contributed by atoms with Crippen molar-refractivity contribution in [2.75, 3.05) is 6.61 Å². The van der Waals surface area contributed by atoms with E-state index in [1.165, 1.54) is 12.1 Å². The van der Waals surface area contributed by atoms with Crippen LogP contribution in [0.15, 0.2) is 59.9 Å². The lowest BCUT2D eigenvalue weighted by molar-refractivity contribution is 0.101. The first-order chi connectivity index (χ1) is 11.5. The number of halogens is 1. The molecule has 3 nitrogen and oxygen atoms in total. The molecule has 2 aromatic carbocycles. The van der Waals surface area contributed by atoms with E-state index in [1.807, 2.05) is 19.9 Å². The van der Waals surface area contributed by atoms with Crippen LogP contribution >= 0.6 is 0 Å². The zero-order valence-electron chi connectivity index (χ0n) is 13.5. The van der Waals surface area contributed by atoms with Crippen LogP contribution in [-0.4, -0.2) is 12.4 Å². The van der Waals surface area contributed by atoms with E-state index in [1.54, 1.807) is 36.4 Å². The monoisotopic (exact) mass is 324 g/mol. The van der Waals surface area contributed by atoms with Crippen molar-refractivity contribution in [2.45, 2.75) is 13.8 Å². The van der Waals surface area contributed by atoms with Gasteiger partial charge in [0.25, 0.3) is 0 Å². The van der Waals surface area contributed by atoms with Crippen molar-refractivity contribution < 1.29 is 18.7 Å². The highest BCUT2D eigenvalue weighted by molar-refractivity contribution is 6.14. The van der Waals surface area contributed by atoms with Gasteiger partial charge in [0.15, 0.2) is 5.76 Å². The highest BCUT2D eigenvalue weighted by atomic mass is 19.1. The molecule has 0 aromatic heterocycles. The topological polar surface area (TPSA) is 35.5 Å². The van der Waals surface area contributed by atoms with Crippen LogP contribution in [0.5, 0.6) is 11.5 Å². The van der Waals surface area contributed by atoms with Gasteiger partial charge < -0.3 is 9.47 Å². The number of hydrogen-bond donors (Lipinski definition) is 0. The summed E-state index contributed by atoms with van der Waals surface area (Å²) < 4.78 is 24.9. The first kappa shape index (κ1) is 16.0. The average molecular weight is 324 g/mol. The van der Waals surface area contributed by atoms with Crippen molar-refractivity contribution in [3.63, 3.8) is 0 Å². The van der Waals surface area contributed by atoms with Crippen molar-refractivity contribution >= 4 is 11.9 Å². The second-order valence-corrected chi connectivity index (χ2v) is 5.71. The lowest BCUT2D eigenvalue weighted by Gasteiger charge is -2.05. The smallest absolute Gasteiger partial charge is 0.231 e. The molecule has 24 heavy (non-hydrogen) atoms. The van der Waals surface area contributed by atoms with E-state index in [4.69, 9.17) is 9.47 Å². The minimum Gasteiger partial charge on any atom is -0.489 e. The first-order valence-corrected chi connectivity index (χ1v) is 7.63. The third-order valence-electron chi connectivity index (χ3n) is 3.57. The van der Waals surface area contributed by atoms with Crippen LogP contribution in [0, 0.1) is 5.82 Å². The SMILES string of the molecule is CC(C)=CCOc1ccc2c(c1)O/C(=C\c1ccccc1F)C2=O. The molecule has 1 heterocycles. The molecule has 0 aliphatic carbocycles. The largest absolute Gasteiger partial charge is 0.489 e. The fourth-order valence-electron chi connectivity index (χ4n) is 2.29. The van der Waals surface area contributed by atoms with Gasteiger partial charge in [-0.15, -0.1) is 0 Å². The van der Waals surface area contributed by atoms with Gasteiger partial charge in [0.2, 0.25) is 5.78 Å². The summed E-state index contributed by atoms with van der Waals surface area (Å²) in [5, 5.41) is 0. The van der Waals surface area contributed by atoms with E-state index in [-0.39, 0.29) is 11.5 Å². The third kappa shape index (κ3) is 3.38. The van der Waals surface area contributed by atoms with Crippen LogP contribution in [0.3, 0.4) is 0 Å². The van der Waals surface area contributed by atoms with Gasteiger partial charge in [-0.2, -0.15) is 0 Å². The molecule has 0 bridgehead atoms. The molecule has 0 unspecified atom stereocenters. The maximum absolute atomic E-state index is 13.7. The summed E-state index contributed by atoms with van der Waals surface area (Å²) >= 11 is 0. The second kappa shape index (κ2) is 6.71. The molecule has 1 aliphatic heterocycles. The van der Waals surface area contributed by atoms with Gasteiger partial charge in [0, 0.05) is 11.6 Å². The highest BCUT2D eigenvalue weighted by Gasteiger charge is 2.27. The van der Waals surface area contributed by atoms with Crippen LogP contribution in [0.2, 0.25) is 0 Å². The summed E-state index contributed by atoms with van der Waals surface area (Å²) in [6.07, 6.45) is 3.38. The lowest BCUT2D eigenvalue weighted by Crippen LogP contribution is -1.98. The Morgan fingerprint density at radius 1 is 1.21 bits per heavy atom. The Bertz CT molecular complexity index is 846. The fraction of sp³-hybridized carbons (Fsp3) is 0.150. The standard InChI is InChI=1S/C20H17FO3/c1-13(2)9-10-23-15-7-8-16-18(12-15)24-19(20(16)22)11-14-5-3-4-6-17(14)21/h3-9,11-12H,10H2,1-2H3/b19-11-. The molecule has 4 heteroatoms. The van der Waals surface area contributed by atoms with Crippen LogP contribution in [0.4, 0.5) is 4.39 Å². The van der Waals surface area contributed by atoms with Crippen LogP contribution in [-0.2, 0) is 0 Å². The van der Waals surface area contributed by atoms with E-state index in [2.05, 4.69) is 0 Å². The maximum Gasteiger partial charge on any atom is 0.231 e. The Balaban J connectivity index is 1.82. The zero-order valence-corrected chi connectivity index (χ0v) is 13.5. The molecule has 0 saturated carbocycles. The molecule has 0 fully saturated rings. The number of fused-ring (bicyclic) bond motifs is 1. The Labute approximate surface area is 140 Å². The molecule has 122 valence electrons. The molecule has 0 saturated heterocycles. The summed E-state index contributed by atoms with van der Waals surface area (Å²) in [6.45, 7) is 4.44. The molecule has 0 amide bonds.